The molecule has 2 heterocycles. The van der Waals surface area contributed by atoms with E-state index in [0.717, 1.165) is 0 Å². The summed E-state index contributed by atoms with van der Waals surface area (Å²) in [5, 5.41) is 2.65. The molecule has 2 aromatic rings. The SMILES string of the molecule is CCn1cnc(S(=O)(=O)N2CCCC(C(=O)Nc3cccc(F)c3)C2)c1. The smallest absolute Gasteiger partial charge is 0.262 e. The number of nitrogens with zero attached hydrogens (tertiary/aromatic N) is 3. The summed E-state index contributed by atoms with van der Waals surface area (Å²) in [7, 11) is -3.74. The predicted molar refractivity (Wildman–Crippen MR) is 94.4 cm³/mol. The molecule has 1 aromatic heterocycles. The number of hydrogen-bond donors (Lipinski definition) is 1. The molecule has 9 heteroatoms. The number of benzene rings is 1. The Hall–Kier alpha value is -2.26. The Balaban J connectivity index is 1.71. The Morgan fingerprint density at radius 2 is 2.23 bits per heavy atom. The van der Waals surface area contributed by atoms with Crippen LogP contribution < -0.4 is 5.32 Å². The van der Waals surface area contributed by atoms with Crippen molar-refractivity contribution in [2.45, 2.75) is 31.3 Å². The van der Waals surface area contributed by atoms with E-state index in [-0.39, 0.29) is 17.5 Å². The van der Waals surface area contributed by atoms with Crippen LogP contribution in [0.25, 0.3) is 0 Å². The number of carbonyl (C=O) groups excluding carboxylic acids is 1. The zero-order valence-corrected chi connectivity index (χ0v) is 15.2. The van der Waals surface area contributed by atoms with Crippen LogP contribution in [0.5, 0.6) is 0 Å². The van der Waals surface area contributed by atoms with E-state index >= 15 is 0 Å². The zero-order chi connectivity index (χ0) is 18.7. The maximum absolute atomic E-state index is 13.2. The molecule has 1 aliphatic rings. The van der Waals surface area contributed by atoms with E-state index in [1.54, 1.807) is 10.6 Å². The van der Waals surface area contributed by atoms with E-state index < -0.39 is 21.8 Å². The number of imidazole rings is 1. The van der Waals surface area contributed by atoms with Crippen LogP contribution in [0.2, 0.25) is 0 Å². The van der Waals surface area contributed by atoms with Crippen molar-refractivity contribution in [3.63, 3.8) is 0 Å². The van der Waals surface area contributed by atoms with E-state index in [1.165, 1.54) is 35.0 Å². The number of piperidine rings is 1. The Bertz CT molecular complexity index is 897. The van der Waals surface area contributed by atoms with Crippen LogP contribution in [0.15, 0.2) is 41.8 Å². The fourth-order valence-corrected chi connectivity index (χ4v) is 4.42. The molecule has 3 rings (SSSR count). The Labute approximate surface area is 151 Å². The van der Waals surface area contributed by atoms with E-state index in [1.807, 2.05) is 6.92 Å². The lowest BCUT2D eigenvalue weighted by atomic mass is 9.99. The van der Waals surface area contributed by atoms with E-state index in [0.29, 0.717) is 31.6 Å². The average molecular weight is 380 g/mol. The molecular formula is C17H21FN4O3S. The third-order valence-corrected chi connectivity index (χ3v) is 6.18. The van der Waals surface area contributed by atoms with Crippen LogP contribution in [0.4, 0.5) is 10.1 Å². The van der Waals surface area contributed by atoms with Crippen LogP contribution in [0.1, 0.15) is 19.8 Å². The highest BCUT2D eigenvalue weighted by atomic mass is 32.2. The van der Waals surface area contributed by atoms with Gasteiger partial charge in [-0.25, -0.2) is 17.8 Å². The number of hydrogen-bond acceptors (Lipinski definition) is 4. The molecule has 0 saturated carbocycles. The number of rotatable bonds is 5. The van der Waals surface area contributed by atoms with Gasteiger partial charge < -0.3 is 9.88 Å². The largest absolute Gasteiger partial charge is 0.336 e. The minimum Gasteiger partial charge on any atom is -0.336 e. The monoisotopic (exact) mass is 380 g/mol. The lowest BCUT2D eigenvalue weighted by Crippen LogP contribution is -2.43. The first-order valence-corrected chi connectivity index (χ1v) is 9.92. The van der Waals surface area contributed by atoms with Crippen molar-refractivity contribution in [3.05, 3.63) is 42.6 Å². The van der Waals surface area contributed by atoms with Crippen molar-refractivity contribution >= 4 is 21.6 Å². The number of anilines is 1. The van der Waals surface area contributed by atoms with Crippen molar-refractivity contribution < 1.29 is 17.6 Å². The maximum Gasteiger partial charge on any atom is 0.262 e. The summed E-state index contributed by atoms with van der Waals surface area (Å²) < 4.78 is 41.7. The molecular weight excluding hydrogens is 359 g/mol. The number of carbonyl (C=O) groups is 1. The van der Waals surface area contributed by atoms with Crippen molar-refractivity contribution in [1.82, 2.24) is 13.9 Å². The summed E-state index contributed by atoms with van der Waals surface area (Å²) in [4.78, 5) is 16.4. The minimum atomic E-state index is -3.74. The zero-order valence-electron chi connectivity index (χ0n) is 14.4. The van der Waals surface area contributed by atoms with Gasteiger partial charge in [0.2, 0.25) is 5.91 Å². The van der Waals surface area contributed by atoms with Crippen LogP contribution in [0, 0.1) is 11.7 Å². The van der Waals surface area contributed by atoms with Crippen LogP contribution in [0.3, 0.4) is 0 Å². The minimum absolute atomic E-state index is 0.00876. The number of halogens is 1. The van der Waals surface area contributed by atoms with E-state index in [4.69, 9.17) is 0 Å². The van der Waals surface area contributed by atoms with E-state index in [9.17, 15) is 17.6 Å². The van der Waals surface area contributed by atoms with Crippen molar-refractivity contribution in [3.8, 4) is 0 Å². The molecule has 0 radical (unpaired) electrons. The third-order valence-electron chi connectivity index (χ3n) is 4.43. The highest BCUT2D eigenvalue weighted by molar-refractivity contribution is 7.89. The molecule has 1 saturated heterocycles. The van der Waals surface area contributed by atoms with Gasteiger partial charge in [-0.05, 0) is 38.0 Å². The lowest BCUT2D eigenvalue weighted by Gasteiger charge is -2.30. The molecule has 0 bridgehead atoms. The topological polar surface area (TPSA) is 84.3 Å². The van der Waals surface area contributed by atoms with Gasteiger partial charge in [-0.2, -0.15) is 4.31 Å². The number of aryl methyl sites for hydroxylation is 1. The molecule has 1 fully saturated rings. The summed E-state index contributed by atoms with van der Waals surface area (Å²) in [6.45, 7) is 2.96. The first kappa shape index (κ1) is 18.5. The van der Waals surface area contributed by atoms with Gasteiger partial charge in [0, 0.05) is 31.5 Å². The highest BCUT2D eigenvalue weighted by Gasteiger charge is 2.34. The van der Waals surface area contributed by atoms with Gasteiger partial charge in [0.15, 0.2) is 5.03 Å². The first-order chi connectivity index (χ1) is 12.4. The number of nitrogens with one attached hydrogen (secondary N) is 1. The Morgan fingerprint density at radius 3 is 2.92 bits per heavy atom. The van der Waals surface area contributed by atoms with E-state index in [2.05, 4.69) is 10.3 Å². The average Bonchev–Trinajstić information content (AvgIpc) is 3.12. The van der Waals surface area contributed by atoms with Crippen molar-refractivity contribution in [2.75, 3.05) is 18.4 Å². The third kappa shape index (κ3) is 3.94. The molecule has 1 N–H and O–H groups in total. The van der Waals surface area contributed by atoms with Gasteiger partial charge in [-0.3, -0.25) is 4.79 Å². The van der Waals surface area contributed by atoms with Crippen molar-refractivity contribution in [1.29, 1.82) is 0 Å². The first-order valence-electron chi connectivity index (χ1n) is 8.48. The summed E-state index contributed by atoms with van der Waals surface area (Å²) in [5.41, 5.74) is 0.358. The quantitative estimate of drug-likeness (QED) is 0.861. The van der Waals surface area contributed by atoms with Gasteiger partial charge in [0.05, 0.1) is 12.2 Å². The molecule has 140 valence electrons. The van der Waals surface area contributed by atoms with Gasteiger partial charge in [-0.1, -0.05) is 6.07 Å². The summed E-state index contributed by atoms with van der Waals surface area (Å²) in [5.74, 6) is -1.24. The number of amides is 1. The van der Waals surface area contributed by atoms with Crippen molar-refractivity contribution in [2.24, 2.45) is 5.92 Å². The normalized spacial score (nSPS) is 18.6. The molecule has 0 aliphatic carbocycles. The summed E-state index contributed by atoms with van der Waals surface area (Å²) >= 11 is 0. The van der Waals surface area contributed by atoms with Crippen LogP contribution >= 0.6 is 0 Å². The standard InChI is InChI=1S/C17H21FN4O3S/c1-2-21-11-16(19-12-21)26(24,25)22-8-4-5-13(10-22)17(23)20-15-7-3-6-14(18)9-15/h3,6-7,9,11-13H,2,4-5,8,10H2,1H3,(H,20,23). The number of aromatic nitrogens is 2. The molecule has 1 aliphatic heterocycles. The fourth-order valence-electron chi connectivity index (χ4n) is 2.96. The molecule has 0 spiro atoms. The van der Waals surface area contributed by atoms with Gasteiger partial charge in [0.25, 0.3) is 10.0 Å². The number of sulfonamides is 1. The second-order valence-electron chi connectivity index (χ2n) is 6.24. The second kappa shape index (κ2) is 7.55. The molecule has 1 aromatic carbocycles. The van der Waals surface area contributed by atoms with Gasteiger partial charge >= 0.3 is 0 Å². The summed E-state index contributed by atoms with van der Waals surface area (Å²) in [6, 6.07) is 5.62. The highest BCUT2D eigenvalue weighted by Crippen LogP contribution is 2.24. The maximum atomic E-state index is 13.2. The molecule has 7 nitrogen and oxygen atoms in total. The van der Waals surface area contributed by atoms with Gasteiger partial charge in [0.1, 0.15) is 5.82 Å². The van der Waals surface area contributed by atoms with Crippen LogP contribution in [-0.2, 0) is 21.4 Å². The molecule has 1 unspecified atom stereocenters. The Kier molecular flexibility index (Phi) is 5.38. The summed E-state index contributed by atoms with van der Waals surface area (Å²) in [6.07, 6.45) is 4.13. The predicted octanol–water partition coefficient (Wildman–Crippen LogP) is 2.08. The van der Waals surface area contributed by atoms with Crippen LogP contribution in [-0.4, -0.2) is 41.3 Å². The molecule has 1 atom stereocenters. The second-order valence-corrected chi connectivity index (χ2v) is 8.13. The fraction of sp³-hybridized carbons (Fsp3) is 0.412. The Morgan fingerprint density at radius 1 is 1.42 bits per heavy atom. The molecule has 26 heavy (non-hydrogen) atoms. The van der Waals surface area contributed by atoms with Gasteiger partial charge in [-0.15, -0.1) is 0 Å². The lowest BCUT2D eigenvalue weighted by molar-refractivity contribution is -0.120. The molecule has 1 amide bonds.